The number of pyridine rings is 1. The van der Waals surface area contributed by atoms with Crippen molar-refractivity contribution in [3.8, 4) is 5.82 Å². The summed E-state index contributed by atoms with van der Waals surface area (Å²) in [5, 5.41) is 7.25. The summed E-state index contributed by atoms with van der Waals surface area (Å²) in [6, 6.07) is 5.80. The molecule has 3 rings (SSSR count). The molecule has 0 spiro atoms. The van der Waals surface area contributed by atoms with Gasteiger partial charge in [-0.15, -0.1) is 0 Å². The van der Waals surface area contributed by atoms with Crippen molar-refractivity contribution in [1.82, 2.24) is 25.0 Å². The second-order valence-electron chi connectivity index (χ2n) is 6.41. The summed E-state index contributed by atoms with van der Waals surface area (Å²) >= 11 is 0. The number of rotatable bonds is 5. The molecule has 2 amide bonds. The third kappa shape index (κ3) is 4.23. The fourth-order valence-corrected chi connectivity index (χ4v) is 2.97. The Morgan fingerprint density at radius 1 is 1.28 bits per heavy atom. The molecule has 7 heteroatoms. The largest absolute Gasteiger partial charge is 0.350 e. The standard InChI is InChI=1S/C18H23N5O2/c1-13-9-14(2)23(21-13)16-7-6-15(10-19-16)11-20-17(24)12-22-8-4-3-5-18(22)25/h6-7,9-10H,3-5,8,11-12H2,1-2H3,(H,20,24). The van der Waals surface area contributed by atoms with Gasteiger partial charge in [-0.3, -0.25) is 9.59 Å². The van der Waals surface area contributed by atoms with E-state index in [1.165, 1.54) is 0 Å². The van der Waals surface area contributed by atoms with Crippen LogP contribution in [0.4, 0.5) is 0 Å². The molecular weight excluding hydrogens is 318 g/mol. The number of hydrogen-bond donors (Lipinski definition) is 1. The number of likely N-dealkylation sites (tertiary alicyclic amines) is 1. The van der Waals surface area contributed by atoms with Crippen molar-refractivity contribution in [2.24, 2.45) is 0 Å². The highest BCUT2D eigenvalue weighted by atomic mass is 16.2. The van der Waals surface area contributed by atoms with E-state index in [9.17, 15) is 9.59 Å². The van der Waals surface area contributed by atoms with Crippen molar-refractivity contribution in [2.45, 2.75) is 39.7 Å². The molecule has 1 saturated heterocycles. The molecule has 3 heterocycles. The van der Waals surface area contributed by atoms with E-state index in [2.05, 4.69) is 15.4 Å². The minimum absolute atomic E-state index is 0.0669. The minimum atomic E-state index is -0.141. The van der Waals surface area contributed by atoms with Gasteiger partial charge >= 0.3 is 0 Å². The number of piperidine rings is 1. The minimum Gasteiger partial charge on any atom is -0.350 e. The Kier molecular flexibility index (Phi) is 5.11. The van der Waals surface area contributed by atoms with Crippen molar-refractivity contribution in [3.05, 3.63) is 41.3 Å². The first-order valence-corrected chi connectivity index (χ1v) is 8.56. The number of nitrogens with zero attached hydrogens (tertiary/aromatic N) is 4. The van der Waals surface area contributed by atoms with Crippen molar-refractivity contribution in [1.29, 1.82) is 0 Å². The predicted molar refractivity (Wildman–Crippen MR) is 93.1 cm³/mol. The van der Waals surface area contributed by atoms with Gasteiger partial charge in [-0.25, -0.2) is 9.67 Å². The zero-order chi connectivity index (χ0) is 17.8. The topological polar surface area (TPSA) is 80.1 Å². The molecule has 0 radical (unpaired) electrons. The van der Waals surface area contributed by atoms with Gasteiger partial charge in [0.05, 0.1) is 12.2 Å². The molecule has 0 aromatic carbocycles. The van der Waals surface area contributed by atoms with Crippen molar-refractivity contribution >= 4 is 11.8 Å². The first kappa shape index (κ1) is 17.1. The third-order valence-electron chi connectivity index (χ3n) is 4.28. The van der Waals surface area contributed by atoms with E-state index in [-0.39, 0.29) is 18.4 Å². The summed E-state index contributed by atoms with van der Waals surface area (Å²) in [7, 11) is 0. The maximum atomic E-state index is 12.0. The number of hydrogen-bond acceptors (Lipinski definition) is 4. The first-order valence-electron chi connectivity index (χ1n) is 8.56. The van der Waals surface area contributed by atoms with Gasteiger partial charge in [0.1, 0.15) is 0 Å². The van der Waals surface area contributed by atoms with Crippen molar-refractivity contribution < 1.29 is 9.59 Å². The molecule has 0 unspecified atom stereocenters. The highest BCUT2D eigenvalue weighted by Gasteiger charge is 2.20. The van der Waals surface area contributed by atoms with Crippen LogP contribution in [0.2, 0.25) is 0 Å². The Hall–Kier alpha value is -2.70. The Morgan fingerprint density at radius 3 is 2.76 bits per heavy atom. The molecule has 0 atom stereocenters. The summed E-state index contributed by atoms with van der Waals surface area (Å²) in [4.78, 5) is 29.8. The van der Waals surface area contributed by atoms with Gasteiger partial charge < -0.3 is 10.2 Å². The smallest absolute Gasteiger partial charge is 0.239 e. The summed E-state index contributed by atoms with van der Waals surface area (Å²) in [6.45, 7) is 5.13. The maximum absolute atomic E-state index is 12.0. The lowest BCUT2D eigenvalue weighted by Crippen LogP contribution is -2.42. The Labute approximate surface area is 147 Å². The second kappa shape index (κ2) is 7.46. The molecular formula is C18H23N5O2. The van der Waals surface area contributed by atoms with Crippen LogP contribution in [-0.4, -0.2) is 44.6 Å². The van der Waals surface area contributed by atoms with Crippen LogP contribution in [0, 0.1) is 13.8 Å². The Balaban J connectivity index is 1.54. The molecule has 1 aliphatic heterocycles. The predicted octanol–water partition coefficient (Wildman–Crippen LogP) is 1.51. The van der Waals surface area contributed by atoms with E-state index in [1.807, 2.05) is 32.0 Å². The van der Waals surface area contributed by atoms with Crippen LogP contribution in [0.15, 0.2) is 24.4 Å². The fourth-order valence-electron chi connectivity index (χ4n) is 2.97. The fraction of sp³-hybridized carbons (Fsp3) is 0.444. The second-order valence-corrected chi connectivity index (χ2v) is 6.41. The van der Waals surface area contributed by atoms with Gasteiger partial charge in [0.15, 0.2) is 5.82 Å². The van der Waals surface area contributed by atoms with Crippen molar-refractivity contribution in [3.63, 3.8) is 0 Å². The molecule has 2 aromatic heterocycles. The van der Waals surface area contributed by atoms with Crippen LogP contribution in [0.1, 0.15) is 36.2 Å². The average Bonchev–Trinajstić information content (AvgIpc) is 2.94. The van der Waals surface area contributed by atoms with Gasteiger partial charge in [-0.2, -0.15) is 5.10 Å². The number of amides is 2. The SMILES string of the molecule is Cc1cc(C)n(-c2ccc(CNC(=O)CN3CCCCC3=O)cn2)n1. The van der Waals surface area contributed by atoms with E-state index in [1.54, 1.807) is 15.8 Å². The highest BCUT2D eigenvalue weighted by molar-refractivity contribution is 5.85. The number of carbonyl (C=O) groups excluding carboxylic acids is 2. The summed E-state index contributed by atoms with van der Waals surface area (Å²) in [5.74, 6) is 0.676. The summed E-state index contributed by atoms with van der Waals surface area (Å²) < 4.78 is 1.79. The van der Waals surface area contributed by atoms with E-state index < -0.39 is 0 Å². The van der Waals surface area contributed by atoms with Crippen LogP contribution >= 0.6 is 0 Å². The molecule has 25 heavy (non-hydrogen) atoms. The molecule has 7 nitrogen and oxygen atoms in total. The van der Waals surface area contributed by atoms with E-state index in [0.29, 0.717) is 19.5 Å². The van der Waals surface area contributed by atoms with Crippen LogP contribution in [-0.2, 0) is 16.1 Å². The van der Waals surface area contributed by atoms with E-state index in [4.69, 9.17) is 0 Å². The van der Waals surface area contributed by atoms with E-state index >= 15 is 0 Å². The number of nitrogens with one attached hydrogen (secondary N) is 1. The summed E-state index contributed by atoms with van der Waals surface area (Å²) in [6.07, 6.45) is 4.17. The van der Waals surface area contributed by atoms with Gasteiger partial charge in [0.2, 0.25) is 11.8 Å². The number of carbonyl (C=O) groups is 2. The van der Waals surface area contributed by atoms with Crippen molar-refractivity contribution in [2.75, 3.05) is 13.1 Å². The zero-order valence-corrected chi connectivity index (χ0v) is 14.7. The quantitative estimate of drug-likeness (QED) is 0.894. The first-order chi connectivity index (χ1) is 12.0. The summed E-state index contributed by atoms with van der Waals surface area (Å²) in [5.41, 5.74) is 2.88. The lowest BCUT2D eigenvalue weighted by molar-refractivity contribution is -0.137. The van der Waals surface area contributed by atoms with Gasteiger partial charge in [0, 0.05) is 31.4 Å². The van der Waals surface area contributed by atoms with Crippen LogP contribution in [0.25, 0.3) is 5.82 Å². The molecule has 1 aliphatic rings. The lowest BCUT2D eigenvalue weighted by atomic mass is 10.1. The van der Waals surface area contributed by atoms with Gasteiger partial charge in [-0.1, -0.05) is 6.07 Å². The highest BCUT2D eigenvalue weighted by Crippen LogP contribution is 2.11. The third-order valence-corrected chi connectivity index (χ3v) is 4.28. The Morgan fingerprint density at radius 2 is 2.12 bits per heavy atom. The molecule has 1 fully saturated rings. The molecule has 0 saturated carbocycles. The molecule has 2 aromatic rings. The van der Waals surface area contributed by atoms with Crippen LogP contribution < -0.4 is 5.32 Å². The average molecular weight is 341 g/mol. The normalized spacial score (nSPS) is 14.6. The van der Waals surface area contributed by atoms with Gasteiger partial charge in [0.25, 0.3) is 0 Å². The van der Waals surface area contributed by atoms with Crippen LogP contribution in [0.3, 0.4) is 0 Å². The zero-order valence-electron chi connectivity index (χ0n) is 14.7. The molecule has 1 N–H and O–H groups in total. The molecule has 0 aliphatic carbocycles. The monoisotopic (exact) mass is 341 g/mol. The number of aromatic nitrogens is 3. The van der Waals surface area contributed by atoms with Crippen LogP contribution in [0.5, 0.6) is 0 Å². The maximum Gasteiger partial charge on any atom is 0.239 e. The lowest BCUT2D eigenvalue weighted by Gasteiger charge is -2.25. The van der Waals surface area contributed by atoms with E-state index in [0.717, 1.165) is 35.6 Å². The number of aryl methyl sites for hydroxylation is 2. The molecule has 132 valence electrons. The Bertz CT molecular complexity index is 766. The van der Waals surface area contributed by atoms with Gasteiger partial charge in [-0.05, 0) is 44.4 Å². The molecule has 0 bridgehead atoms.